The van der Waals surface area contributed by atoms with Gasteiger partial charge in [-0.1, -0.05) is 23.8 Å². The van der Waals surface area contributed by atoms with Crippen LogP contribution in [0, 0.1) is 0 Å². The van der Waals surface area contributed by atoms with Crippen molar-refractivity contribution in [2.45, 2.75) is 26.2 Å². The number of para-hydroxylation sites is 1. The van der Waals surface area contributed by atoms with Crippen LogP contribution in [0.3, 0.4) is 0 Å². The SMILES string of the molecule is C=C(C)CCCc1c[nH]c2ccccc12. The molecule has 0 bridgehead atoms. The molecule has 2 aromatic rings. The molecule has 0 unspecified atom stereocenters. The monoisotopic (exact) mass is 199 g/mol. The molecule has 0 saturated heterocycles. The molecule has 1 N–H and O–H groups in total. The summed E-state index contributed by atoms with van der Waals surface area (Å²) in [7, 11) is 0. The minimum absolute atomic E-state index is 1.12. The summed E-state index contributed by atoms with van der Waals surface area (Å²) < 4.78 is 0. The number of rotatable bonds is 4. The lowest BCUT2D eigenvalue weighted by molar-refractivity contribution is 0.818. The Morgan fingerprint density at radius 1 is 1.33 bits per heavy atom. The Hall–Kier alpha value is -1.50. The number of fused-ring (bicyclic) bond motifs is 1. The highest BCUT2D eigenvalue weighted by Crippen LogP contribution is 2.19. The molecule has 1 heterocycles. The average Bonchev–Trinajstić information content (AvgIpc) is 2.62. The topological polar surface area (TPSA) is 15.8 Å². The Kier molecular flexibility index (Phi) is 2.91. The smallest absolute Gasteiger partial charge is 0.0456 e. The Morgan fingerprint density at radius 2 is 2.13 bits per heavy atom. The fraction of sp³-hybridized carbons (Fsp3) is 0.286. The quantitative estimate of drug-likeness (QED) is 0.714. The van der Waals surface area contributed by atoms with Gasteiger partial charge >= 0.3 is 0 Å². The van der Waals surface area contributed by atoms with E-state index in [9.17, 15) is 0 Å². The number of aryl methyl sites for hydroxylation is 1. The molecule has 1 heteroatoms. The van der Waals surface area contributed by atoms with Crippen molar-refractivity contribution in [3.8, 4) is 0 Å². The number of allylic oxidation sites excluding steroid dienone is 1. The van der Waals surface area contributed by atoms with Crippen LogP contribution in [0.4, 0.5) is 0 Å². The van der Waals surface area contributed by atoms with Gasteiger partial charge in [-0.15, -0.1) is 6.58 Å². The van der Waals surface area contributed by atoms with Crippen LogP contribution >= 0.6 is 0 Å². The summed E-state index contributed by atoms with van der Waals surface area (Å²) in [4.78, 5) is 3.30. The summed E-state index contributed by atoms with van der Waals surface area (Å²) in [6.45, 7) is 6.02. The van der Waals surface area contributed by atoms with Crippen molar-refractivity contribution in [2.24, 2.45) is 0 Å². The number of H-pyrrole nitrogens is 1. The second-order valence-corrected chi connectivity index (χ2v) is 4.17. The lowest BCUT2D eigenvalue weighted by Crippen LogP contribution is -1.84. The van der Waals surface area contributed by atoms with Crippen LogP contribution in [0.25, 0.3) is 10.9 Å². The van der Waals surface area contributed by atoms with Gasteiger partial charge < -0.3 is 4.98 Å². The third-order valence-corrected chi connectivity index (χ3v) is 2.72. The molecule has 0 amide bonds. The van der Waals surface area contributed by atoms with E-state index in [4.69, 9.17) is 0 Å². The van der Waals surface area contributed by atoms with Gasteiger partial charge in [-0.25, -0.2) is 0 Å². The minimum atomic E-state index is 1.12. The van der Waals surface area contributed by atoms with E-state index >= 15 is 0 Å². The van der Waals surface area contributed by atoms with Gasteiger partial charge in [0.05, 0.1) is 0 Å². The second kappa shape index (κ2) is 4.35. The van der Waals surface area contributed by atoms with Crippen molar-refractivity contribution in [3.63, 3.8) is 0 Å². The van der Waals surface area contributed by atoms with E-state index in [1.165, 1.54) is 28.5 Å². The molecule has 0 spiro atoms. The van der Waals surface area contributed by atoms with Crippen molar-refractivity contribution in [1.82, 2.24) is 4.98 Å². The molecule has 1 aromatic carbocycles. The molecule has 0 aliphatic rings. The Labute approximate surface area is 90.8 Å². The van der Waals surface area contributed by atoms with E-state index in [1.807, 2.05) is 0 Å². The summed E-state index contributed by atoms with van der Waals surface area (Å²) in [5.74, 6) is 0. The zero-order valence-corrected chi connectivity index (χ0v) is 9.22. The normalized spacial score (nSPS) is 10.7. The zero-order valence-electron chi connectivity index (χ0n) is 9.22. The summed E-state index contributed by atoms with van der Waals surface area (Å²) in [5, 5.41) is 1.36. The van der Waals surface area contributed by atoms with Crippen LogP contribution in [0.5, 0.6) is 0 Å². The number of hydrogen-bond acceptors (Lipinski definition) is 0. The zero-order chi connectivity index (χ0) is 10.7. The maximum absolute atomic E-state index is 3.93. The molecule has 2 rings (SSSR count). The van der Waals surface area contributed by atoms with Gasteiger partial charge in [-0.3, -0.25) is 0 Å². The molecule has 78 valence electrons. The maximum Gasteiger partial charge on any atom is 0.0456 e. The first-order valence-corrected chi connectivity index (χ1v) is 5.47. The van der Waals surface area contributed by atoms with E-state index in [-0.39, 0.29) is 0 Å². The van der Waals surface area contributed by atoms with Gasteiger partial charge in [0.25, 0.3) is 0 Å². The first kappa shape index (κ1) is 10.0. The van der Waals surface area contributed by atoms with Gasteiger partial charge in [0.15, 0.2) is 0 Å². The van der Waals surface area contributed by atoms with E-state index in [0.29, 0.717) is 0 Å². The number of benzene rings is 1. The lowest BCUT2D eigenvalue weighted by Gasteiger charge is -1.99. The standard InChI is InChI=1S/C14H17N/c1-11(2)6-5-7-12-10-15-14-9-4-3-8-13(12)14/h3-4,8-10,15H,1,5-7H2,2H3. The maximum atomic E-state index is 3.93. The number of hydrogen-bond donors (Lipinski definition) is 1. The fourth-order valence-corrected chi connectivity index (χ4v) is 1.92. The molecule has 0 fully saturated rings. The van der Waals surface area contributed by atoms with E-state index in [1.54, 1.807) is 0 Å². The van der Waals surface area contributed by atoms with E-state index in [2.05, 4.69) is 48.9 Å². The van der Waals surface area contributed by atoms with Crippen LogP contribution < -0.4 is 0 Å². The van der Waals surface area contributed by atoms with E-state index in [0.717, 1.165) is 12.8 Å². The predicted octanol–water partition coefficient (Wildman–Crippen LogP) is 4.07. The molecule has 0 aliphatic heterocycles. The van der Waals surface area contributed by atoms with Gasteiger partial charge in [0, 0.05) is 17.1 Å². The van der Waals surface area contributed by atoms with Gasteiger partial charge in [-0.05, 0) is 37.8 Å². The van der Waals surface area contributed by atoms with Crippen LogP contribution in [0.15, 0.2) is 42.6 Å². The number of aromatic amines is 1. The van der Waals surface area contributed by atoms with Crippen LogP contribution in [-0.4, -0.2) is 4.98 Å². The van der Waals surface area contributed by atoms with Gasteiger partial charge in [0.1, 0.15) is 0 Å². The lowest BCUT2D eigenvalue weighted by atomic mass is 10.1. The molecule has 15 heavy (non-hydrogen) atoms. The Bertz CT molecular complexity index is 465. The highest BCUT2D eigenvalue weighted by molar-refractivity contribution is 5.82. The van der Waals surface area contributed by atoms with Crippen LogP contribution in [-0.2, 0) is 6.42 Å². The molecule has 1 aromatic heterocycles. The second-order valence-electron chi connectivity index (χ2n) is 4.17. The Balaban J connectivity index is 2.11. The molecule has 0 aliphatic carbocycles. The first-order valence-electron chi connectivity index (χ1n) is 5.47. The molecule has 0 atom stereocenters. The van der Waals surface area contributed by atoms with Crippen LogP contribution in [0.1, 0.15) is 25.3 Å². The summed E-state index contributed by atoms with van der Waals surface area (Å²) >= 11 is 0. The predicted molar refractivity (Wildman–Crippen MR) is 66.1 cm³/mol. The molecule has 0 radical (unpaired) electrons. The Morgan fingerprint density at radius 3 is 2.93 bits per heavy atom. The van der Waals surface area contributed by atoms with Crippen molar-refractivity contribution in [2.75, 3.05) is 0 Å². The van der Waals surface area contributed by atoms with Crippen molar-refractivity contribution >= 4 is 10.9 Å². The molecule has 1 nitrogen and oxygen atoms in total. The molecular formula is C14H17N. The number of nitrogens with one attached hydrogen (secondary N) is 1. The summed E-state index contributed by atoms with van der Waals surface area (Å²) in [5.41, 5.74) is 3.93. The highest BCUT2D eigenvalue weighted by atomic mass is 14.7. The molecule has 0 saturated carbocycles. The van der Waals surface area contributed by atoms with Crippen molar-refractivity contribution < 1.29 is 0 Å². The first-order chi connectivity index (χ1) is 7.27. The minimum Gasteiger partial charge on any atom is -0.361 e. The fourth-order valence-electron chi connectivity index (χ4n) is 1.92. The van der Waals surface area contributed by atoms with Crippen molar-refractivity contribution in [1.29, 1.82) is 0 Å². The third kappa shape index (κ3) is 2.30. The van der Waals surface area contributed by atoms with Crippen LogP contribution in [0.2, 0.25) is 0 Å². The average molecular weight is 199 g/mol. The van der Waals surface area contributed by atoms with E-state index < -0.39 is 0 Å². The largest absolute Gasteiger partial charge is 0.361 e. The number of aromatic nitrogens is 1. The molecular weight excluding hydrogens is 182 g/mol. The van der Waals surface area contributed by atoms with Gasteiger partial charge in [0.2, 0.25) is 0 Å². The summed E-state index contributed by atoms with van der Waals surface area (Å²) in [6, 6.07) is 8.47. The van der Waals surface area contributed by atoms with Crippen molar-refractivity contribution in [3.05, 3.63) is 48.2 Å². The van der Waals surface area contributed by atoms with Gasteiger partial charge in [-0.2, -0.15) is 0 Å². The highest BCUT2D eigenvalue weighted by Gasteiger charge is 2.01. The summed E-state index contributed by atoms with van der Waals surface area (Å²) in [6.07, 6.45) is 5.58. The third-order valence-electron chi connectivity index (χ3n) is 2.72.